The molecular weight excluding hydrogens is 394 g/mol. The summed E-state index contributed by atoms with van der Waals surface area (Å²) in [5, 5.41) is 2.61. The van der Waals surface area contributed by atoms with Crippen LogP contribution in [0, 0.1) is 0 Å². The van der Waals surface area contributed by atoms with E-state index in [0.29, 0.717) is 17.0 Å². The summed E-state index contributed by atoms with van der Waals surface area (Å²) in [5.41, 5.74) is 7.75. The first kappa shape index (κ1) is 21.6. The van der Waals surface area contributed by atoms with Gasteiger partial charge in [-0.25, -0.2) is 0 Å². The van der Waals surface area contributed by atoms with Crippen molar-refractivity contribution in [3.05, 3.63) is 84.4 Å². The van der Waals surface area contributed by atoms with Gasteiger partial charge in [-0.2, -0.15) is 0 Å². The van der Waals surface area contributed by atoms with E-state index in [1.807, 2.05) is 42.5 Å². The number of hydrazine groups is 1. The molecule has 7 heteroatoms. The SMILES string of the molecule is CC(=O)Nc1ccc(C(=O)NNC(=O)C(C)Oc2ccc(-c3ccccc3)cc2)cc1. The summed E-state index contributed by atoms with van der Waals surface area (Å²) < 4.78 is 5.65. The van der Waals surface area contributed by atoms with Crippen LogP contribution in [-0.2, 0) is 9.59 Å². The summed E-state index contributed by atoms with van der Waals surface area (Å²) in [7, 11) is 0. The van der Waals surface area contributed by atoms with Gasteiger partial charge >= 0.3 is 0 Å². The molecule has 1 atom stereocenters. The number of hydrogen-bond donors (Lipinski definition) is 3. The lowest BCUT2D eigenvalue weighted by atomic mass is 10.1. The number of hydrogen-bond acceptors (Lipinski definition) is 4. The average molecular weight is 417 g/mol. The first-order valence-corrected chi connectivity index (χ1v) is 9.72. The third-order valence-electron chi connectivity index (χ3n) is 4.41. The van der Waals surface area contributed by atoms with E-state index in [4.69, 9.17) is 4.74 Å². The Morgan fingerprint density at radius 2 is 1.39 bits per heavy atom. The molecule has 0 saturated heterocycles. The Kier molecular flexibility index (Phi) is 7.01. The zero-order valence-electron chi connectivity index (χ0n) is 17.2. The molecule has 3 amide bonds. The molecule has 0 aliphatic carbocycles. The fourth-order valence-electron chi connectivity index (χ4n) is 2.81. The van der Waals surface area contributed by atoms with Crippen LogP contribution < -0.4 is 20.9 Å². The number of anilines is 1. The zero-order chi connectivity index (χ0) is 22.2. The second-order valence-corrected chi connectivity index (χ2v) is 6.85. The largest absolute Gasteiger partial charge is 0.481 e. The van der Waals surface area contributed by atoms with Crippen LogP contribution in [0.2, 0.25) is 0 Å². The standard InChI is InChI=1S/C24H23N3O4/c1-16(31-22-14-10-19(11-15-22)18-6-4-3-5-7-18)23(29)26-27-24(30)20-8-12-21(13-9-20)25-17(2)28/h3-16H,1-2H3,(H,25,28)(H,26,29)(H,27,30). The molecular formula is C24H23N3O4. The minimum Gasteiger partial charge on any atom is -0.481 e. The Morgan fingerprint density at radius 3 is 2.00 bits per heavy atom. The number of ether oxygens (including phenoxy) is 1. The highest BCUT2D eigenvalue weighted by Gasteiger charge is 2.16. The molecule has 0 saturated carbocycles. The zero-order valence-corrected chi connectivity index (χ0v) is 17.2. The molecule has 0 spiro atoms. The van der Waals surface area contributed by atoms with Gasteiger partial charge in [0.1, 0.15) is 5.75 Å². The van der Waals surface area contributed by atoms with Crippen LogP contribution in [0.1, 0.15) is 24.2 Å². The van der Waals surface area contributed by atoms with Gasteiger partial charge in [0, 0.05) is 18.2 Å². The molecule has 1 unspecified atom stereocenters. The van der Waals surface area contributed by atoms with E-state index in [-0.39, 0.29) is 5.91 Å². The molecule has 3 aromatic rings. The molecule has 0 aliphatic heterocycles. The van der Waals surface area contributed by atoms with Crippen LogP contribution in [0.3, 0.4) is 0 Å². The normalized spacial score (nSPS) is 11.2. The molecule has 3 aromatic carbocycles. The van der Waals surface area contributed by atoms with Crippen LogP contribution in [0.4, 0.5) is 5.69 Å². The van der Waals surface area contributed by atoms with E-state index >= 15 is 0 Å². The molecule has 3 N–H and O–H groups in total. The van der Waals surface area contributed by atoms with Gasteiger partial charge in [-0.05, 0) is 54.4 Å². The predicted molar refractivity (Wildman–Crippen MR) is 118 cm³/mol. The maximum atomic E-state index is 12.2. The summed E-state index contributed by atoms with van der Waals surface area (Å²) in [4.78, 5) is 35.5. The van der Waals surface area contributed by atoms with Crippen LogP contribution in [-0.4, -0.2) is 23.8 Å². The van der Waals surface area contributed by atoms with Crippen molar-refractivity contribution < 1.29 is 19.1 Å². The minimum absolute atomic E-state index is 0.201. The van der Waals surface area contributed by atoms with Gasteiger partial charge in [-0.15, -0.1) is 0 Å². The van der Waals surface area contributed by atoms with Crippen molar-refractivity contribution in [3.63, 3.8) is 0 Å². The topological polar surface area (TPSA) is 96.5 Å². The van der Waals surface area contributed by atoms with E-state index in [2.05, 4.69) is 16.2 Å². The fraction of sp³-hybridized carbons (Fsp3) is 0.125. The van der Waals surface area contributed by atoms with E-state index < -0.39 is 17.9 Å². The van der Waals surface area contributed by atoms with Gasteiger partial charge in [-0.1, -0.05) is 42.5 Å². The smallest absolute Gasteiger partial charge is 0.279 e. The van der Waals surface area contributed by atoms with Crippen molar-refractivity contribution in [3.8, 4) is 16.9 Å². The van der Waals surface area contributed by atoms with Gasteiger partial charge in [-0.3, -0.25) is 25.2 Å². The maximum absolute atomic E-state index is 12.2. The highest BCUT2D eigenvalue weighted by Crippen LogP contribution is 2.22. The van der Waals surface area contributed by atoms with Gasteiger partial charge in [0.25, 0.3) is 11.8 Å². The Labute approximate surface area is 180 Å². The third kappa shape index (κ3) is 6.17. The minimum atomic E-state index is -0.815. The van der Waals surface area contributed by atoms with Crippen molar-refractivity contribution >= 4 is 23.4 Å². The number of nitrogens with one attached hydrogen (secondary N) is 3. The summed E-state index contributed by atoms with van der Waals surface area (Å²) in [6, 6.07) is 23.6. The quantitative estimate of drug-likeness (QED) is 0.535. The third-order valence-corrected chi connectivity index (χ3v) is 4.41. The van der Waals surface area contributed by atoms with Gasteiger partial charge in [0.2, 0.25) is 5.91 Å². The van der Waals surface area contributed by atoms with Crippen LogP contribution in [0.15, 0.2) is 78.9 Å². The summed E-state index contributed by atoms with van der Waals surface area (Å²) in [6.45, 7) is 2.99. The Morgan fingerprint density at radius 1 is 0.774 bits per heavy atom. The van der Waals surface area contributed by atoms with Crippen molar-refractivity contribution in [2.24, 2.45) is 0 Å². The van der Waals surface area contributed by atoms with Gasteiger partial charge in [0.15, 0.2) is 6.10 Å². The van der Waals surface area contributed by atoms with Crippen LogP contribution in [0.25, 0.3) is 11.1 Å². The molecule has 0 bridgehead atoms. The highest BCUT2D eigenvalue weighted by atomic mass is 16.5. The van der Waals surface area contributed by atoms with Crippen molar-refractivity contribution in [2.45, 2.75) is 20.0 Å². The number of amides is 3. The van der Waals surface area contributed by atoms with Crippen molar-refractivity contribution in [1.82, 2.24) is 10.9 Å². The Hall–Kier alpha value is -4.13. The van der Waals surface area contributed by atoms with Crippen molar-refractivity contribution in [1.29, 1.82) is 0 Å². The molecule has 0 heterocycles. The van der Waals surface area contributed by atoms with Gasteiger partial charge in [0.05, 0.1) is 0 Å². The lowest BCUT2D eigenvalue weighted by molar-refractivity contribution is -0.128. The number of benzene rings is 3. The summed E-state index contributed by atoms with van der Waals surface area (Å²) in [6.07, 6.45) is -0.815. The lowest BCUT2D eigenvalue weighted by Gasteiger charge is -2.15. The van der Waals surface area contributed by atoms with Crippen molar-refractivity contribution in [2.75, 3.05) is 5.32 Å². The van der Waals surface area contributed by atoms with E-state index in [9.17, 15) is 14.4 Å². The maximum Gasteiger partial charge on any atom is 0.279 e. The van der Waals surface area contributed by atoms with E-state index in [0.717, 1.165) is 11.1 Å². The van der Waals surface area contributed by atoms with Crippen LogP contribution in [0.5, 0.6) is 5.75 Å². The monoisotopic (exact) mass is 417 g/mol. The molecule has 7 nitrogen and oxygen atoms in total. The van der Waals surface area contributed by atoms with E-state index in [1.165, 1.54) is 6.92 Å². The average Bonchev–Trinajstić information content (AvgIpc) is 2.78. The summed E-state index contributed by atoms with van der Waals surface area (Å²) in [5.74, 6) is -0.632. The molecule has 0 fully saturated rings. The molecule has 31 heavy (non-hydrogen) atoms. The molecule has 0 aromatic heterocycles. The van der Waals surface area contributed by atoms with Gasteiger partial charge < -0.3 is 10.1 Å². The number of carbonyl (C=O) groups excluding carboxylic acids is 3. The first-order valence-electron chi connectivity index (χ1n) is 9.72. The van der Waals surface area contributed by atoms with E-state index in [1.54, 1.807) is 43.3 Å². The molecule has 0 radical (unpaired) electrons. The fourth-order valence-corrected chi connectivity index (χ4v) is 2.81. The Balaban J connectivity index is 1.50. The molecule has 3 rings (SSSR count). The number of rotatable bonds is 6. The predicted octanol–water partition coefficient (Wildman–Crippen LogP) is 3.54. The second-order valence-electron chi connectivity index (χ2n) is 6.85. The second kappa shape index (κ2) is 10.1. The number of carbonyl (C=O) groups is 3. The molecule has 0 aliphatic rings. The Bertz CT molecular complexity index is 1050. The van der Waals surface area contributed by atoms with Crippen LogP contribution >= 0.6 is 0 Å². The first-order chi connectivity index (χ1) is 14.9. The lowest BCUT2D eigenvalue weighted by Crippen LogP contribution is -2.47. The highest BCUT2D eigenvalue weighted by molar-refractivity contribution is 5.96. The summed E-state index contributed by atoms with van der Waals surface area (Å²) >= 11 is 0. The molecule has 158 valence electrons.